The molecule has 0 fully saturated rings. The molecule has 0 N–H and O–H groups in total. The van der Waals surface area contributed by atoms with Crippen LogP contribution in [0.3, 0.4) is 0 Å². The van der Waals surface area contributed by atoms with Crippen LogP contribution in [0.15, 0.2) is 22.1 Å². The van der Waals surface area contributed by atoms with Crippen LogP contribution in [0.5, 0.6) is 0 Å². The Bertz CT molecular complexity index is 372. The zero-order chi connectivity index (χ0) is 11.8. The Kier molecular flexibility index (Phi) is 6.36. The number of nitrogens with zero attached hydrogens (tertiary/aromatic N) is 2. The molecule has 0 spiro atoms. The van der Waals surface area contributed by atoms with E-state index in [0.717, 1.165) is 34.3 Å². The SMILES string of the molecule is CCCSc1ccc(SCCC)c(C#N)n1. The van der Waals surface area contributed by atoms with E-state index in [2.05, 4.69) is 24.9 Å². The lowest BCUT2D eigenvalue weighted by Crippen LogP contribution is -1.91. The van der Waals surface area contributed by atoms with Crippen molar-refractivity contribution in [1.29, 1.82) is 5.26 Å². The third-order valence-corrected chi connectivity index (χ3v) is 4.24. The van der Waals surface area contributed by atoms with Crippen LogP contribution in [0.2, 0.25) is 0 Å². The summed E-state index contributed by atoms with van der Waals surface area (Å²) in [7, 11) is 0. The van der Waals surface area contributed by atoms with E-state index in [1.807, 2.05) is 12.1 Å². The number of aromatic nitrogens is 1. The van der Waals surface area contributed by atoms with Gasteiger partial charge in [0.25, 0.3) is 0 Å². The molecule has 1 rings (SSSR count). The van der Waals surface area contributed by atoms with Gasteiger partial charge in [-0.1, -0.05) is 13.8 Å². The maximum atomic E-state index is 9.03. The van der Waals surface area contributed by atoms with Crippen molar-refractivity contribution >= 4 is 23.5 Å². The molecule has 1 aromatic heterocycles. The number of hydrogen-bond donors (Lipinski definition) is 0. The Morgan fingerprint density at radius 1 is 1.19 bits per heavy atom. The van der Waals surface area contributed by atoms with Crippen molar-refractivity contribution in [3.05, 3.63) is 17.8 Å². The fraction of sp³-hybridized carbons (Fsp3) is 0.500. The summed E-state index contributed by atoms with van der Waals surface area (Å²) >= 11 is 3.42. The third kappa shape index (κ3) is 4.07. The van der Waals surface area contributed by atoms with E-state index in [9.17, 15) is 0 Å². The average molecular weight is 252 g/mol. The molecule has 0 unspecified atom stereocenters. The molecule has 1 heterocycles. The van der Waals surface area contributed by atoms with E-state index < -0.39 is 0 Å². The average Bonchev–Trinajstić information content (AvgIpc) is 2.34. The quantitative estimate of drug-likeness (QED) is 0.718. The second-order valence-electron chi connectivity index (χ2n) is 3.30. The van der Waals surface area contributed by atoms with Gasteiger partial charge in [0.2, 0.25) is 0 Å². The molecule has 0 bridgehead atoms. The van der Waals surface area contributed by atoms with E-state index in [1.165, 1.54) is 0 Å². The zero-order valence-corrected chi connectivity index (χ0v) is 11.3. The van der Waals surface area contributed by atoms with Gasteiger partial charge in [0.1, 0.15) is 6.07 Å². The number of rotatable bonds is 6. The minimum atomic E-state index is 0.569. The molecule has 0 saturated heterocycles. The number of pyridine rings is 1. The summed E-state index contributed by atoms with van der Waals surface area (Å²) in [5.41, 5.74) is 0.569. The predicted octanol–water partition coefficient (Wildman–Crippen LogP) is 3.96. The fourth-order valence-electron chi connectivity index (χ4n) is 1.12. The second kappa shape index (κ2) is 7.59. The number of thioether (sulfide) groups is 2. The number of nitriles is 1. The van der Waals surface area contributed by atoms with Crippen LogP contribution in [-0.2, 0) is 0 Å². The highest BCUT2D eigenvalue weighted by molar-refractivity contribution is 7.99. The Morgan fingerprint density at radius 2 is 1.88 bits per heavy atom. The van der Waals surface area contributed by atoms with Crippen LogP contribution in [0.25, 0.3) is 0 Å². The second-order valence-corrected chi connectivity index (χ2v) is 5.56. The normalized spacial score (nSPS) is 10.1. The van der Waals surface area contributed by atoms with Crippen molar-refractivity contribution in [2.45, 2.75) is 36.6 Å². The molecule has 0 amide bonds. The Morgan fingerprint density at radius 3 is 2.50 bits per heavy atom. The van der Waals surface area contributed by atoms with Crippen LogP contribution >= 0.6 is 23.5 Å². The van der Waals surface area contributed by atoms with Crippen LogP contribution in [0, 0.1) is 11.3 Å². The molecule has 0 atom stereocenters. The van der Waals surface area contributed by atoms with Gasteiger partial charge in [0.05, 0.1) is 5.03 Å². The van der Waals surface area contributed by atoms with Gasteiger partial charge in [-0.25, -0.2) is 4.98 Å². The molecule has 4 heteroatoms. The summed E-state index contributed by atoms with van der Waals surface area (Å²) in [6.07, 6.45) is 2.24. The van der Waals surface area contributed by atoms with Crippen molar-refractivity contribution in [2.24, 2.45) is 0 Å². The van der Waals surface area contributed by atoms with Crippen molar-refractivity contribution in [3.63, 3.8) is 0 Å². The standard InChI is InChI=1S/C12H16N2S2/c1-3-7-15-11-5-6-12(16-8-4-2)14-10(11)9-13/h5-6H,3-4,7-8H2,1-2H3. The van der Waals surface area contributed by atoms with Gasteiger partial charge in [0.15, 0.2) is 5.69 Å². The Hall–Kier alpha value is -0.660. The highest BCUT2D eigenvalue weighted by Gasteiger charge is 2.05. The first-order valence-electron chi connectivity index (χ1n) is 5.48. The van der Waals surface area contributed by atoms with Gasteiger partial charge in [-0.05, 0) is 36.5 Å². The van der Waals surface area contributed by atoms with E-state index in [4.69, 9.17) is 5.26 Å². The van der Waals surface area contributed by atoms with Gasteiger partial charge < -0.3 is 0 Å². The van der Waals surface area contributed by atoms with E-state index >= 15 is 0 Å². The number of hydrogen-bond acceptors (Lipinski definition) is 4. The largest absolute Gasteiger partial charge is 0.230 e. The highest BCUT2D eigenvalue weighted by Crippen LogP contribution is 2.25. The predicted molar refractivity (Wildman–Crippen MR) is 71.0 cm³/mol. The lowest BCUT2D eigenvalue weighted by atomic mass is 10.4. The molecule has 0 saturated carbocycles. The first-order valence-corrected chi connectivity index (χ1v) is 7.45. The van der Waals surface area contributed by atoms with Crippen molar-refractivity contribution in [2.75, 3.05) is 11.5 Å². The molecule has 2 nitrogen and oxygen atoms in total. The summed E-state index contributed by atoms with van der Waals surface area (Å²) in [6, 6.07) is 6.21. The maximum absolute atomic E-state index is 9.03. The smallest absolute Gasteiger partial charge is 0.155 e. The molecule has 16 heavy (non-hydrogen) atoms. The van der Waals surface area contributed by atoms with Crippen molar-refractivity contribution in [1.82, 2.24) is 4.98 Å². The Balaban J connectivity index is 2.77. The first kappa shape index (κ1) is 13.4. The van der Waals surface area contributed by atoms with Gasteiger partial charge in [-0.3, -0.25) is 0 Å². The van der Waals surface area contributed by atoms with E-state index in [1.54, 1.807) is 23.5 Å². The highest BCUT2D eigenvalue weighted by atomic mass is 32.2. The van der Waals surface area contributed by atoms with Gasteiger partial charge in [0, 0.05) is 4.90 Å². The van der Waals surface area contributed by atoms with Crippen LogP contribution in [0.4, 0.5) is 0 Å². The third-order valence-electron chi connectivity index (χ3n) is 1.85. The lowest BCUT2D eigenvalue weighted by molar-refractivity contribution is 1.03. The van der Waals surface area contributed by atoms with Crippen molar-refractivity contribution in [3.8, 4) is 6.07 Å². The monoisotopic (exact) mass is 252 g/mol. The molecule has 1 aromatic rings. The molecule has 86 valence electrons. The van der Waals surface area contributed by atoms with Crippen molar-refractivity contribution < 1.29 is 0 Å². The minimum absolute atomic E-state index is 0.569. The van der Waals surface area contributed by atoms with Crippen LogP contribution < -0.4 is 0 Å². The molecule has 0 radical (unpaired) electrons. The van der Waals surface area contributed by atoms with Gasteiger partial charge in [-0.2, -0.15) is 5.26 Å². The molecule has 0 aliphatic heterocycles. The fourth-order valence-corrected chi connectivity index (χ4v) is 2.67. The maximum Gasteiger partial charge on any atom is 0.155 e. The van der Waals surface area contributed by atoms with E-state index in [0.29, 0.717) is 5.69 Å². The minimum Gasteiger partial charge on any atom is -0.230 e. The summed E-state index contributed by atoms with van der Waals surface area (Å²) in [5.74, 6) is 2.09. The Labute approximate surface area is 106 Å². The topological polar surface area (TPSA) is 36.7 Å². The van der Waals surface area contributed by atoms with Crippen LogP contribution in [0.1, 0.15) is 32.4 Å². The first-order chi connectivity index (χ1) is 7.81. The summed E-state index contributed by atoms with van der Waals surface area (Å²) < 4.78 is 0. The molecular formula is C12H16N2S2. The van der Waals surface area contributed by atoms with Gasteiger partial charge in [-0.15, -0.1) is 23.5 Å². The molecule has 0 aromatic carbocycles. The lowest BCUT2D eigenvalue weighted by Gasteiger charge is -2.04. The molecule has 0 aliphatic carbocycles. The molecular weight excluding hydrogens is 236 g/mol. The summed E-state index contributed by atoms with van der Waals surface area (Å²) in [6.45, 7) is 4.28. The van der Waals surface area contributed by atoms with Gasteiger partial charge >= 0.3 is 0 Å². The summed E-state index contributed by atoms with van der Waals surface area (Å²) in [4.78, 5) is 5.37. The van der Waals surface area contributed by atoms with E-state index in [-0.39, 0.29) is 0 Å². The zero-order valence-electron chi connectivity index (χ0n) is 9.69. The molecule has 0 aliphatic rings. The van der Waals surface area contributed by atoms with Crippen LogP contribution in [-0.4, -0.2) is 16.5 Å². The summed E-state index contributed by atoms with van der Waals surface area (Å²) in [5, 5.41) is 9.99.